The third kappa shape index (κ3) is 7.74. The van der Waals surface area contributed by atoms with Crippen LogP contribution in [0.1, 0.15) is 39.0 Å². The number of rotatable bonds is 5. The second-order valence-corrected chi connectivity index (χ2v) is 2.26. The van der Waals surface area contributed by atoms with Crippen molar-refractivity contribution >= 4 is 0 Å². The van der Waals surface area contributed by atoms with Crippen molar-refractivity contribution in [3.05, 3.63) is 19.1 Å². The van der Waals surface area contributed by atoms with Crippen LogP contribution in [0.3, 0.4) is 0 Å². The van der Waals surface area contributed by atoms with Gasteiger partial charge in [-0.25, -0.2) is 0 Å². The smallest absolute Gasteiger partial charge is 0.0351 e. The average Bonchev–Trinajstić information content (AvgIpc) is 1.89. The maximum Gasteiger partial charge on any atom is -0.0351 e. The minimum absolute atomic E-state index is 1.07. The minimum atomic E-state index is 1.07. The molecular weight excluding hydrogens is 108 g/mol. The van der Waals surface area contributed by atoms with Gasteiger partial charge in [0.05, 0.1) is 0 Å². The fraction of sp³-hybridized carbons (Fsp3) is 0.667. The maximum absolute atomic E-state index is 3.77. The molecule has 0 aliphatic rings. The quantitative estimate of drug-likeness (QED) is 0.390. The molecule has 1 radical (unpaired) electrons. The van der Waals surface area contributed by atoms with Crippen molar-refractivity contribution < 1.29 is 0 Å². The van der Waals surface area contributed by atoms with Crippen molar-refractivity contribution in [2.75, 3.05) is 0 Å². The van der Waals surface area contributed by atoms with Gasteiger partial charge in [-0.1, -0.05) is 38.8 Å². The summed E-state index contributed by atoms with van der Waals surface area (Å²) in [6, 6.07) is 0. The van der Waals surface area contributed by atoms with Gasteiger partial charge >= 0.3 is 0 Å². The standard InChI is InChI=1S/C9H17/c1-3-5-7-9-8-6-4-2/h8-9H,1,3-7H2,2H3/b9-8+. The predicted molar refractivity (Wildman–Crippen MR) is 43.3 cm³/mol. The van der Waals surface area contributed by atoms with E-state index in [1.54, 1.807) is 0 Å². The fourth-order valence-electron chi connectivity index (χ4n) is 0.665. The number of hydrogen-bond donors (Lipinski definition) is 0. The SMILES string of the molecule is [CH2]CCC/C=C/CCC. The maximum atomic E-state index is 3.77. The van der Waals surface area contributed by atoms with Crippen LogP contribution in [-0.4, -0.2) is 0 Å². The van der Waals surface area contributed by atoms with Crippen LogP contribution in [0.4, 0.5) is 0 Å². The van der Waals surface area contributed by atoms with E-state index in [0.29, 0.717) is 0 Å². The summed E-state index contributed by atoms with van der Waals surface area (Å²) in [6.07, 6.45) is 10.5. The molecule has 0 aromatic heterocycles. The first-order chi connectivity index (χ1) is 4.41. The molecule has 0 heteroatoms. The third-order valence-electron chi connectivity index (χ3n) is 1.24. The Kier molecular flexibility index (Phi) is 7.52. The Hall–Kier alpha value is -0.260. The molecule has 0 saturated carbocycles. The number of unbranched alkanes of at least 4 members (excludes halogenated alkanes) is 3. The van der Waals surface area contributed by atoms with E-state index in [4.69, 9.17) is 0 Å². The largest absolute Gasteiger partial charge is 0.0885 e. The van der Waals surface area contributed by atoms with Gasteiger partial charge in [-0.2, -0.15) is 0 Å². The Labute approximate surface area is 59.0 Å². The molecule has 0 aliphatic carbocycles. The molecule has 9 heavy (non-hydrogen) atoms. The van der Waals surface area contributed by atoms with Crippen molar-refractivity contribution in [2.45, 2.75) is 39.0 Å². The van der Waals surface area contributed by atoms with Gasteiger partial charge in [0.2, 0.25) is 0 Å². The summed E-state index contributed by atoms with van der Waals surface area (Å²) in [4.78, 5) is 0. The van der Waals surface area contributed by atoms with Crippen LogP contribution in [0.25, 0.3) is 0 Å². The summed E-state index contributed by atoms with van der Waals surface area (Å²) in [6.45, 7) is 5.97. The van der Waals surface area contributed by atoms with Gasteiger partial charge < -0.3 is 0 Å². The molecule has 0 aromatic carbocycles. The highest BCUT2D eigenvalue weighted by Crippen LogP contribution is 1.96. The molecule has 0 aliphatic heterocycles. The second-order valence-electron chi connectivity index (χ2n) is 2.26. The molecule has 0 amide bonds. The molecule has 0 rings (SSSR count). The van der Waals surface area contributed by atoms with Gasteiger partial charge in [0, 0.05) is 0 Å². The first-order valence-corrected chi connectivity index (χ1v) is 3.86. The highest BCUT2D eigenvalue weighted by Gasteiger charge is 1.76. The van der Waals surface area contributed by atoms with Gasteiger partial charge in [-0.3, -0.25) is 0 Å². The summed E-state index contributed by atoms with van der Waals surface area (Å²) in [5.41, 5.74) is 0. The molecule has 53 valence electrons. The average molecular weight is 125 g/mol. The molecule has 0 fully saturated rings. The second kappa shape index (κ2) is 7.74. The van der Waals surface area contributed by atoms with Crippen molar-refractivity contribution in [1.82, 2.24) is 0 Å². The first kappa shape index (κ1) is 8.74. The molecule has 0 saturated heterocycles. The topological polar surface area (TPSA) is 0 Å². The van der Waals surface area contributed by atoms with E-state index >= 15 is 0 Å². The fourth-order valence-corrected chi connectivity index (χ4v) is 0.665. The van der Waals surface area contributed by atoms with Crippen LogP contribution in [0.5, 0.6) is 0 Å². The molecule has 0 spiro atoms. The first-order valence-electron chi connectivity index (χ1n) is 3.86. The van der Waals surface area contributed by atoms with Crippen LogP contribution in [0.2, 0.25) is 0 Å². The lowest BCUT2D eigenvalue weighted by molar-refractivity contribution is 0.857. The molecule has 0 aromatic rings. The normalized spacial score (nSPS) is 10.9. The summed E-state index contributed by atoms with van der Waals surface area (Å²) >= 11 is 0. The number of allylic oxidation sites excluding steroid dienone is 2. The van der Waals surface area contributed by atoms with Gasteiger partial charge in [0.1, 0.15) is 0 Å². The summed E-state index contributed by atoms with van der Waals surface area (Å²) in [5, 5.41) is 0. The van der Waals surface area contributed by atoms with E-state index < -0.39 is 0 Å². The van der Waals surface area contributed by atoms with E-state index in [-0.39, 0.29) is 0 Å². The Morgan fingerprint density at radius 3 is 2.44 bits per heavy atom. The Morgan fingerprint density at radius 1 is 1.22 bits per heavy atom. The molecule has 0 atom stereocenters. The Balaban J connectivity index is 2.86. The highest BCUT2D eigenvalue weighted by atomic mass is 13.8. The van der Waals surface area contributed by atoms with Crippen molar-refractivity contribution in [3.8, 4) is 0 Å². The van der Waals surface area contributed by atoms with Gasteiger partial charge in [0.15, 0.2) is 0 Å². The zero-order valence-corrected chi connectivity index (χ0v) is 6.40. The predicted octanol–water partition coefficient (Wildman–Crippen LogP) is 3.35. The van der Waals surface area contributed by atoms with Crippen LogP contribution < -0.4 is 0 Å². The monoisotopic (exact) mass is 125 g/mol. The lowest BCUT2D eigenvalue weighted by Crippen LogP contribution is -1.67. The number of hydrogen-bond acceptors (Lipinski definition) is 0. The van der Waals surface area contributed by atoms with E-state index in [1.807, 2.05) is 0 Å². The molecular formula is C9H17. The van der Waals surface area contributed by atoms with Crippen molar-refractivity contribution in [3.63, 3.8) is 0 Å². The van der Waals surface area contributed by atoms with Crippen molar-refractivity contribution in [2.24, 2.45) is 0 Å². The Bertz CT molecular complexity index is 62.4. The molecule has 0 bridgehead atoms. The van der Waals surface area contributed by atoms with Crippen LogP contribution in [-0.2, 0) is 0 Å². The molecule has 0 N–H and O–H groups in total. The highest BCUT2D eigenvalue weighted by molar-refractivity contribution is 4.80. The van der Waals surface area contributed by atoms with Crippen molar-refractivity contribution in [1.29, 1.82) is 0 Å². The minimum Gasteiger partial charge on any atom is -0.0885 e. The lowest BCUT2D eigenvalue weighted by Gasteiger charge is -1.87. The molecule has 0 heterocycles. The van der Waals surface area contributed by atoms with Crippen LogP contribution in [0, 0.1) is 6.92 Å². The van der Waals surface area contributed by atoms with E-state index in [1.165, 1.54) is 25.7 Å². The zero-order chi connectivity index (χ0) is 6.95. The van der Waals surface area contributed by atoms with Gasteiger partial charge in [-0.05, 0) is 19.3 Å². The van der Waals surface area contributed by atoms with E-state index in [2.05, 4.69) is 26.0 Å². The van der Waals surface area contributed by atoms with Crippen LogP contribution >= 0.6 is 0 Å². The van der Waals surface area contributed by atoms with Gasteiger partial charge in [0.25, 0.3) is 0 Å². The molecule has 0 unspecified atom stereocenters. The third-order valence-corrected chi connectivity index (χ3v) is 1.24. The van der Waals surface area contributed by atoms with E-state index in [0.717, 1.165) is 6.42 Å². The lowest BCUT2D eigenvalue weighted by atomic mass is 10.2. The summed E-state index contributed by atoms with van der Waals surface area (Å²) in [7, 11) is 0. The summed E-state index contributed by atoms with van der Waals surface area (Å²) in [5.74, 6) is 0. The van der Waals surface area contributed by atoms with E-state index in [9.17, 15) is 0 Å². The Morgan fingerprint density at radius 2 is 1.89 bits per heavy atom. The zero-order valence-electron chi connectivity index (χ0n) is 6.40. The summed E-state index contributed by atoms with van der Waals surface area (Å²) < 4.78 is 0. The van der Waals surface area contributed by atoms with Gasteiger partial charge in [-0.15, -0.1) is 0 Å². The molecule has 0 nitrogen and oxygen atoms in total. The van der Waals surface area contributed by atoms with Crippen LogP contribution in [0.15, 0.2) is 12.2 Å².